The van der Waals surface area contributed by atoms with E-state index in [0.29, 0.717) is 11.7 Å². The Morgan fingerprint density at radius 2 is 2.27 bits per heavy atom. The number of fused-ring (bicyclic) bond motifs is 1. The topological polar surface area (TPSA) is 66.3 Å². The van der Waals surface area contributed by atoms with Crippen LogP contribution >= 0.6 is 11.8 Å². The Morgan fingerprint density at radius 1 is 1.42 bits per heavy atom. The van der Waals surface area contributed by atoms with Crippen molar-refractivity contribution in [1.82, 2.24) is 9.55 Å². The van der Waals surface area contributed by atoms with Gasteiger partial charge in [-0.15, -0.1) is 11.8 Å². The van der Waals surface area contributed by atoms with Crippen molar-refractivity contribution in [2.75, 3.05) is 12.1 Å². The lowest BCUT2D eigenvalue weighted by Crippen LogP contribution is -2.14. The van der Waals surface area contributed by atoms with Crippen molar-refractivity contribution < 1.29 is 0 Å². The molecule has 1 aliphatic rings. The summed E-state index contributed by atoms with van der Waals surface area (Å²) in [5, 5.41) is 9.20. The highest BCUT2D eigenvalue weighted by Crippen LogP contribution is 2.28. The minimum atomic E-state index is 0.269. The van der Waals surface area contributed by atoms with Crippen molar-refractivity contribution in [3.05, 3.63) is 53.5 Å². The van der Waals surface area contributed by atoms with Crippen LogP contribution in [0.25, 0.3) is 11.4 Å². The number of hydrogen-bond acceptors (Lipinski definition) is 5. The number of hydrogen-bond donors (Lipinski definition) is 0. The van der Waals surface area contributed by atoms with E-state index in [2.05, 4.69) is 46.0 Å². The Kier molecular flexibility index (Phi) is 6.03. The van der Waals surface area contributed by atoms with Crippen LogP contribution in [0.5, 0.6) is 0 Å². The van der Waals surface area contributed by atoms with E-state index >= 15 is 0 Å². The molecule has 5 nitrogen and oxygen atoms in total. The zero-order valence-corrected chi connectivity index (χ0v) is 15.7. The quantitative estimate of drug-likeness (QED) is 0.578. The standard InChI is InChI=1S/C20H21N5S/c1-22-11-9-19(24-14-26-2)25-18(8-10-21)13-23-20(25)17-7-6-15-4-3-5-16(15)12-17/h6-7,9,11-13H,1,3-5,8,14H2,2H3/b11-9-,24-19+. The maximum atomic E-state index is 9.20. The average molecular weight is 363 g/mol. The highest BCUT2D eigenvalue weighted by Gasteiger charge is 2.18. The molecule has 1 aliphatic carbocycles. The third-order valence-electron chi connectivity index (χ3n) is 4.37. The molecule has 0 saturated heterocycles. The number of aryl methyl sites for hydroxylation is 2. The maximum Gasteiger partial charge on any atom is 0.145 e. The smallest absolute Gasteiger partial charge is 0.145 e. The fraction of sp³-hybridized carbons (Fsp3) is 0.300. The van der Waals surface area contributed by atoms with Crippen LogP contribution in [0.3, 0.4) is 0 Å². The first-order valence-electron chi connectivity index (χ1n) is 8.50. The molecule has 0 bridgehead atoms. The highest BCUT2D eigenvalue weighted by molar-refractivity contribution is 7.98. The summed E-state index contributed by atoms with van der Waals surface area (Å²) in [5.41, 5.74) is 4.68. The van der Waals surface area contributed by atoms with Gasteiger partial charge in [-0.3, -0.25) is 14.6 Å². The van der Waals surface area contributed by atoms with E-state index in [-0.39, 0.29) is 6.42 Å². The fourth-order valence-corrected chi connectivity index (χ4v) is 3.47. The van der Waals surface area contributed by atoms with Crippen molar-refractivity contribution in [2.45, 2.75) is 25.7 Å². The summed E-state index contributed by atoms with van der Waals surface area (Å²) in [6, 6.07) is 8.75. The normalized spacial score (nSPS) is 13.8. The van der Waals surface area contributed by atoms with Crippen LogP contribution in [0, 0.1) is 11.3 Å². The van der Waals surface area contributed by atoms with Crippen molar-refractivity contribution >= 4 is 24.3 Å². The largest absolute Gasteiger partial charge is 0.280 e. The molecule has 0 saturated carbocycles. The number of imidazole rings is 1. The Balaban J connectivity index is 2.13. The summed E-state index contributed by atoms with van der Waals surface area (Å²) in [7, 11) is 0. The molecule has 0 spiro atoms. The van der Waals surface area contributed by atoms with Gasteiger partial charge < -0.3 is 0 Å². The van der Waals surface area contributed by atoms with Gasteiger partial charge in [0.2, 0.25) is 0 Å². The lowest BCUT2D eigenvalue weighted by Gasteiger charge is -2.12. The van der Waals surface area contributed by atoms with Gasteiger partial charge >= 0.3 is 0 Å². The van der Waals surface area contributed by atoms with Crippen LogP contribution in [0.1, 0.15) is 23.2 Å². The molecule has 1 heterocycles. The summed E-state index contributed by atoms with van der Waals surface area (Å²) in [6.07, 6.45) is 10.9. The fourth-order valence-electron chi connectivity index (χ4n) is 3.21. The molecule has 0 N–H and O–H groups in total. The van der Waals surface area contributed by atoms with Crippen molar-refractivity contribution in [3.63, 3.8) is 0 Å². The minimum absolute atomic E-state index is 0.269. The number of aromatic nitrogens is 2. The Labute approximate surface area is 158 Å². The number of thioether (sulfide) groups is 1. The van der Waals surface area contributed by atoms with Crippen molar-refractivity contribution in [1.29, 1.82) is 5.26 Å². The average Bonchev–Trinajstić information content (AvgIpc) is 3.28. The number of benzene rings is 1. The van der Waals surface area contributed by atoms with E-state index in [9.17, 15) is 5.26 Å². The summed E-state index contributed by atoms with van der Waals surface area (Å²) in [6.45, 7) is 3.50. The van der Waals surface area contributed by atoms with E-state index < -0.39 is 0 Å². The predicted molar refractivity (Wildman–Crippen MR) is 109 cm³/mol. The van der Waals surface area contributed by atoms with E-state index in [1.807, 2.05) is 16.9 Å². The molecule has 0 amide bonds. The molecular weight excluding hydrogens is 342 g/mol. The molecule has 2 aromatic rings. The Bertz CT molecular complexity index is 901. The number of nitrogens with zero attached hydrogens (tertiary/aromatic N) is 5. The van der Waals surface area contributed by atoms with Crippen LogP contribution in [0.2, 0.25) is 0 Å². The van der Waals surface area contributed by atoms with E-state index in [4.69, 9.17) is 0 Å². The van der Waals surface area contributed by atoms with E-state index in [0.717, 1.165) is 29.9 Å². The van der Waals surface area contributed by atoms with Crippen LogP contribution in [0.15, 0.2) is 46.7 Å². The first-order valence-corrected chi connectivity index (χ1v) is 9.89. The molecular formula is C20H21N5S. The van der Waals surface area contributed by atoms with Crippen LogP contribution in [-0.4, -0.2) is 34.2 Å². The second kappa shape index (κ2) is 8.63. The van der Waals surface area contributed by atoms with Crippen molar-refractivity contribution in [3.8, 4) is 17.5 Å². The number of nitriles is 1. The molecule has 0 radical (unpaired) electrons. The van der Waals surface area contributed by atoms with Crippen LogP contribution < -0.4 is 0 Å². The Hall–Kier alpha value is -2.65. The zero-order valence-electron chi connectivity index (χ0n) is 14.9. The third kappa shape index (κ3) is 3.78. The second-order valence-electron chi connectivity index (χ2n) is 6.01. The maximum absolute atomic E-state index is 9.20. The third-order valence-corrected chi connectivity index (χ3v) is 4.75. The second-order valence-corrected chi connectivity index (χ2v) is 6.85. The van der Waals surface area contributed by atoms with Gasteiger partial charge in [0.1, 0.15) is 11.7 Å². The molecule has 1 aromatic carbocycles. The summed E-state index contributed by atoms with van der Waals surface area (Å²) in [4.78, 5) is 13.1. The van der Waals surface area contributed by atoms with Crippen LogP contribution in [-0.2, 0) is 19.3 Å². The molecule has 3 rings (SSSR count). The summed E-state index contributed by atoms with van der Waals surface area (Å²) >= 11 is 1.63. The molecule has 6 heteroatoms. The summed E-state index contributed by atoms with van der Waals surface area (Å²) in [5.74, 6) is 2.13. The number of allylic oxidation sites excluding steroid dienone is 1. The van der Waals surface area contributed by atoms with Gasteiger partial charge in [0, 0.05) is 11.8 Å². The van der Waals surface area contributed by atoms with Gasteiger partial charge in [0.25, 0.3) is 0 Å². The number of rotatable bonds is 6. The first kappa shape index (κ1) is 18.2. The molecule has 132 valence electrons. The Morgan fingerprint density at radius 3 is 3.04 bits per heavy atom. The number of aliphatic imine (C=N–C) groups is 2. The molecule has 0 atom stereocenters. The lowest BCUT2D eigenvalue weighted by molar-refractivity contribution is 0.912. The molecule has 0 unspecified atom stereocenters. The van der Waals surface area contributed by atoms with E-state index in [1.54, 1.807) is 24.2 Å². The minimum Gasteiger partial charge on any atom is -0.280 e. The first-order chi connectivity index (χ1) is 12.8. The zero-order chi connectivity index (χ0) is 18.4. The molecule has 0 fully saturated rings. The van der Waals surface area contributed by atoms with Crippen molar-refractivity contribution in [2.24, 2.45) is 9.98 Å². The van der Waals surface area contributed by atoms with Gasteiger partial charge in [-0.25, -0.2) is 4.98 Å². The van der Waals surface area contributed by atoms with Crippen LogP contribution in [0.4, 0.5) is 0 Å². The van der Waals surface area contributed by atoms with Gasteiger partial charge in [-0.1, -0.05) is 12.1 Å². The van der Waals surface area contributed by atoms with Gasteiger partial charge in [-0.2, -0.15) is 5.26 Å². The van der Waals surface area contributed by atoms with Gasteiger partial charge in [0.15, 0.2) is 0 Å². The molecule has 1 aromatic heterocycles. The molecule has 26 heavy (non-hydrogen) atoms. The summed E-state index contributed by atoms with van der Waals surface area (Å²) < 4.78 is 1.96. The van der Waals surface area contributed by atoms with Gasteiger partial charge in [-0.05, 0) is 55.5 Å². The molecule has 0 aliphatic heterocycles. The SMILES string of the molecule is C=N/C=C\C(=N/CSC)n1c(CC#N)cnc1-c1ccc2c(c1)CCC2. The predicted octanol–water partition coefficient (Wildman–Crippen LogP) is 3.89. The monoisotopic (exact) mass is 363 g/mol. The lowest BCUT2D eigenvalue weighted by atomic mass is 10.1. The van der Waals surface area contributed by atoms with E-state index in [1.165, 1.54) is 17.5 Å². The highest BCUT2D eigenvalue weighted by atomic mass is 32.2. The van der Waals surface area contributed by atoms with Gasteiger partial charge in [0.05, 0.1) is 30.3 Å².